The largest absolute Gasteiger partial charge is 0.389 e. The van der Waals surface area contributed by atoms with Crippen molar-refractivity contribution in [3.63, 3.8) is 0 Å². The third-order valence-electron chi connectivity index (χ3n) is 2.69. The first-order valence-electron chi connectivity index (χ1n) is 5.85. The standard InChI is InChI=1S/C12H18N2O4S/c1-3-14(8-12(13)16)19(17,18)11-6-4-10(5-7-11)9(2)15/h4-7,9,15H,3,8H2,1-2H3,(H2,13,16). The summed E-state index contributed by atoms with van der Waals surface area (Å²) in [5.74, 6) is -0.703. The Hall–Kier alpha value is -1.44. The summed E-state index contributed by atoms with van der Waals surface area (Å²) in [6.07, 6.45) is -0.662. The number of aliphatic hydroxyl groups excluding tert-OH is 1. The number of benzene rings is 1. The van der Waals surface area contributed by atoms with E-state index in [4.69, 9.17) is 5.73 Å². The van der Waals surface area contributed by atoms with Crippen LogP contribution >= 0.6 is 0 Å². The van der Waals surface area contributed by atoms with Crippen molar-refractivity contribution in [1.82, 2.24) is 4.31 Å². The van der Waals surface area contributed by atoms with Crippen LogP contribution in [0.25, 0.3) is 0 Å². The van der Waals surface area contributed by atoms with E-state index in [0.29, 0.717) is 5.56 Å². The summed E-state index contributed by atoms with van der Waals surface area (Å²) in [6, 6.07) is 5.88. The van der Waals surface area contributed by atoms with Crippen LogP contribution in [0.2, 0.25) is 0 Å². The van der Waals surface area contributed by atoms with Gasteiger partial charge in [-0.2, -0.15) is 4.31 Å². The van der Waals surface area contributed by atoms with Crippen molar-refractivity contribution < 1.29 is 18.3 Å². The van der Waals surface area contributed by atoms with E-state index < -0.39 is 22.0 Å². The molecular formula is C12H18N2O4S. The number of carbonyl (C=O) groups excluding carboxylic acids is 1. The lowest BCUT2D eigenvalue weighted by Gasteiger charge is -2.19. The number of rotatable bonds is 6. The molecule has 1 aromatic rings. The molecule has 0 saturated heterocycles. The van der Waals surface area contributed by atoms with Crippen LogP contribution in [0.15, 0.2) is 29.2 Å². The number of primary amides is 1. The fourth-order valence-corrected chi connectivity index (χ4v) is 3.02. The van der Waals surface area contributed by atoms with E-state index >= 15 is 0 Å². The van der Waals surface area contributed by atoms with E-state index in [1.165, 1.54) is 24.3 Å². The zero-order valence-electron chi connectivity index (χ0n) is 10.9. The average Bonchev–Trinajstić information content (AvgIpc) is 2.35. The van der Waals surface area contributed by atoms with Gasteiger partial charge in [-0.15, -0.1) is 0 Å². The SMILES string of the molecule is CCN(CC(N)=O)S(=O)(=O)c1ccc(C(C)O)cc1. The maximum atomic E-state index is 12.2. The molecule has 0 fully saturated rings. The summed E-state index contributed by atoms with van der Waals surface area (Å²) in [4.78, 5) is 10.9. The number of aliphatic hydroxyl groups is 1. The van der Waals surface area contributed by atoms with Crippen LogP contribution in [0.1, 0.15) is 25.5 Å². The van der Waals surface area contributed by atoms with Crippen LogP contribution in [0.4, 0.5) is 0 Å². The van der Waals surface area contributed by atoms with Crippen molar-refractivity contribution in [2.45, 2.75) is 24.8 Å². The van der Waals surface area contributed by atoms with Crippen molar-refractivity contribution >= 4 is 15.9 Å². The van der Waals surface area contributed by atoms with Gasteiger partial charge in [0, 0.05) is 6.54 Å². The summed E-state index contributed by atoms with van der Waals surface area (Å²) >= 11 is 0. The van der Waals surface area contributed by atoms with Gasteiger partial charge in [0.2, 0.25) is 15.9 Å². The summed E-state index contributed by atoms with van der Waals surface area (Å²) in [5, 5.41) is 9.37. The number of sulfonamides is 1. The van der Waals surface area contributed by atoms with Crippen LogP contribution in [0.5, 0.6) is 0 Å². The number of hydrogen-bond donors (Lipinski definition) is 2. The highest BCUT2D eigenvalue weighted by Crippen LogP contribution is 2.19. The minimum atomic E-state index is -3.74. The number of nitrogens with zero attached hydrogens (tertiary/aromatic N) is 1. The Bertz CT molecular complexity index is 537. The van der Waals surface area contributed by atoms with Crippen molar-refractivity contribution in [1.29, 1.82) is 0 Å². The van der Waals surface area contributed by atoms with Gasteiger partial charge in [-0.1, -0.05) is 19.1 Å². The van der Waals surface area contributed by atoms with Crippen molar-refractivity contribution in [2.24, 2.45) is 5.73 Å². The van der Waals surface area contributed by atoms with Gasteiger partial charge in [0.25, 0.3) is 0 Å². The zero-order valence-corrected chi connectivity index (χ0v) is 11.7. The van der Waals surface area contributed by atoms with E-state index in [-0.39, 0.29) is 18.0 Å². The quantitative estimate of drug-likeness (QED) is 0.782. The smallest absolute Gasteiger partial charge is 0.243 e. The van der Waals surface area contributed by atoms with Crippen LogP contribution in [-0.4, -0.2) is 36.8 Å². The molecule has 7 heteroatoms. The molecule has 0 aromatic heterocycles. The topological polar surface area (TPSA) is 101 Å². The first-order valence-corrected chi connectivity index (χ1v) is 7.29. The average molecular weight is 286 g/mol. The summed E-state index contributed by atoms with van der Waals surface area (Å²) < 4.78 is 25.5. The van der Waals surface area contributed by atoms with Crippen LogP contribution in [-0.2, 0) is 14.8 Å². The fourth-order valence-electron chi connectivity index (χ4n) is 1.61. The molecule has 3 N–H and O–H groups in total. The van der Waals surface area contributed by atoms with E-state index in [2.05, 4.69) is 0 Å². The number of carbonyl (C=O) groups is 1. The predicted molar refractivity (Wildman–Crippen MR) is 70.7 cm³/mol. The Morgan fingerprint density at radius 2 is 1.89 bits per heavy atom. The van der Waals surface area contributed by atoms with E-state index in [9.17, 15) is 18.3 Å². The molecule has 1 atom stereocenters. The molecule has 0 aliphatic carbocycles. The molecule has 1 rings (SSSR count). The Labute approximate surface area is 112 Å². The molecule has 0 aliphatic heterocycles. The fraction of sp³-hybridized carbons (Fsp3) is 0.417. The van der Waals surface area contributed by atoms with Gasteiger partial charge in [-0.3, -0.25) is 4.79 Å². The normalized spacial score (nSPS) is 13.5. The number of nitrogens with two attached hydrogens (primary N) is 1. The van der Waals surface area contributed by atoms with Crippen molar-refractivity contribution in [3.8, 4) is 0 Å². The highest BCUT2D eigenvalue weighted by molar-refractivity contribution is 7.89. The van der Waals surface area contributed by atoms with Crippen LogP contribution in [0, 0.1) is 0 Å². The molecule has 0 bridgehead atoms. The van der Waals surface area contributed by atoms with Crippen LogP contribution < -0.4 is 5.73 Å². The molecule has 0 aliphatic rings. The third kappa shape index (κ3) is 3.76. The van der Waals surface area contributed by atoms with Gasteiger partial charge in [-0.25, -0.2) is 8.42 Å². The van der Waals surface area contributed by atoms with E-state index in [1.807, 2.05) is 0 Å². The molecule has 1 unspecified atom stereocenters. The number of hydrogen-bond acceptors (Lipinski definition) is 4. The molecule has 6 nitrogen and oxygen atoms in total. The van der Waals surface area contributed by atoms with Crippen molar-refractivity contribution in [2.75, 3.05) is 13.1 Å². The Morgan fingerprint density at radius 3 is 2.26 bits per heavy atom. The second-order valence-electron chi connectivity index (χ2n) is 4.14. The lowest BCUT2D eigenvalue weighted by molar-refractivity contribution is -0.118. The zero-order chi connectivity index (χ0) is 14.6. The maximum Gasteiger partial charge on any atom is 0.243 e. The minimum Gasteiger partial charge on any atom is -0.389 e. The van der Waals surface area contributed by atoms with Crippen LogP contribution in [0.3, 0.4) is 0 Å². The lowest BCUT2D eigenvalue weighted by Crippen LogP contribution is -2.38. The Kier molecular flexibility index (Phi) is 5.04. The first-order chi connectivity index (χ1) is 8.78. The van der Waals surface area contributed by atoms with Crippen molar-refractivity contribution in [3.05, 3.63) is 29.8 Å². The van der Waals surface area contributed by atoms with Gasteiger partial charge < -0.3 is 10.8 Å². The number of amides is 1. The first kappa shape index (κ1) is 15.6. The lowest BCUT2D eigenvalue weighted by atomic mass is 10.1. The minimum absolute atomic E-state index is 0.0694. The van der Waals surface area contributed by atoms with E-state index in [0.717, 1.165) is 4.31 Å². The second kappa shape index (κ2) is 6.14. The summed E-state index contributed by atoms with van der Waals surface area (Å²) in [7, 11) is -3.74. The summed E-state index contributed by atoms with van der Waals surface area (Å²) in [6.45, 7) is 3.03. The Balaban J connectivity index is 3.08. The molecular weight excluding hydrogens is 268 g/mol. The Morgan fingerprint density at radius 1 is 1.37 bits per heavy atom. The molecule has 1 amide bonds. The van der Waals surface area contributed by atoms with Gasteiger partial charge in [0.15, 0.2) is 0 Å². The molecule has 1 aromatic carbocycles. The van der Waals surface area contributed by atoms with Gasteiger partial charge in [-0.05, 0) is 24.6 Å². The van der Waals surface area contributed by atoms with E-state index in [1.54, 1.807) is 13.8 Å². The maximum absolute atomic E-state index is 12.2. The second-order valence-corrected chi connectivity index (χ2v) is 6.08. The highest BCUT2D eigenvalue weighted by atomic mass is 32.2. The third-order valence-corrected chi connectivity index (χ3v) is 4.62. The predicted octanol–water partition coefficient (Wildman–Crippen LogP) is 0.236. The molecule has 19 heavy (non-hydrogen) atoms. The molecule has 0 radical (unpaired) electrons. The molecule has 0 saturated carbocycles. The molecule has 106 valence electrons. The monoisotopic (exact) mass is 286 g/mol. The van der Waals surface area contributed by atoms with Gasteiger partial charge >= 0.3 is 0 Å². The van der Waals surface area contributed by atoms with Gasteiger partial charge in [0.05, 0.1) is 17.5 Å². The van der Waals surface area contributed by atoms with Gasteiger partial charge in [0.1, 0.15) is 0 Å². The molecule has 0 heterocycles. The molecule has 0 spiro atoms. The number of likely N-dealkylation sites (N-methyl/N-ethyl adjacent to an activating group) is 1. The summed E-state index contributed by atoms with van der Waals surface area (Å²) in [5.41, 5.74) is 5.65. The highest BCUT2D eigenvalue weighted by Gasteiger charge is 2.24.